The fourth-order valence-electron chi connectivity index (χ4n) is 1.53. The van der Waals surface area contributed by atoms with Crippen molar-refractivity contribution < 1.29 is 9.18 Å². The van der Waals surface area contributed by atoms with Crippen LogP contribution in [0.4, 0.5) is 10.2 Å². The average Bonchev–Trinajstić information content (AvgIpc) is 2.68. The largest absolute Gasteiger partial charge is 0.304 e. The summed E-state index contributed by atoms with van der Waals surface area (Å²) in [5.74, 6) is -0.910. The second-order valence-electron chi connectivity index (χ2n) is 3.79. The zero-order chi connectivity index (χ0) is 14.0. The molecule has 0 spiro atoms. The number of halogens is 2. The van der Waals surface area contributed by atoms with E-state index in [4.69, 9.17) is 5.26 Å². The topological polar surface area (TPSA) is 70.7 Å². The smallest absolute Gasteiger partial charge is 0.257 e. The Labute approximate surface area is 116 Å². The summed E-state index contributed by atoms with van der Waals surface area (Å²) >= 11 is 3.11. The van der Waals surface area contributed by atoms with Crippen molar-refractivity contribution in [2.24, 2.45) is 7.05 Å². The van der Waals surface area contributed by atoms with Crippen molar-refractivity contribution >= 4 is 27.7 Å². The standard InChI is InChI=1S/C12H8BrFN4O/c1-18-6-8(5-15)11(17-18)16-12(19)7-2-9(13)4-10(14)3-7/h2-4,6H,1H3,(H,16,17,19). The van der Waals surface area contributed by atoms with Crippen LogP contribution < -0.4 is 5.32 Å². The minimum Gasteiger partial charge on any atom is -0.304 e. The second kappa shape index (κ2) is 5.20. The highest BCUT2D eigenvalue weighted by Crippen LogP contribution is 2.17. The van der Waals surface area contributed by atoms with E-state index in [9.17, 15) is 9.18 Å². The molecule has 5 nitrogen and oxygen atoms in total. The first-order chi connectivity index (χ1) is 8.99. The number of carbonyl (C=O) groups is 1. The van der Waals surface area contributed by atoms with E-state index in [1.54, 1.807) is 7.05 Å². The Kier molecular flexibility index (Phi) is 3.62. The third-order valence-corrected chi connectivity index (χ3v) is 2.76. The molecule has 0 atom stereocenters. The van der Waals surface area contributed by atoms with Gasteiger partial charge < -0.3 is 5.32 Å². The van der Waals surface area contributed by atoms with E-state index in [2.05, 4.69) is 26.3 Å². The van der Waals surface area contributed by atoms with Crippen molar-refractivity contribution in [2.75, 3.05) is 5.32 Å². The molecule has 0 bridgehead atoms. The summed E-state index contributed by atoms with van der Waals surface area (Å²) < 4.78 is 15.1. The Morgan fingerprint density at radius 1 is 1.53 bits per heavy atom. The van der Waals surface area contributed by atoms with E-state index >= 15 is 0 Å². The third kappa shape index (κ3) is 2.98. The summed E-state index contributed by atoms with van der Waals surface area (Å²) in [6, 6.07) is 5.75. The molecule has 7 heteroatoms. The van der Waals surface area contributed by atoms with Gasteiger partial charge in [-0.1, -0.05) is 15.9 Å². The Bertz CT molecular complexity index is 669. The van der Waals surface area contributed by atoms with Crippen molar-refractivity contribution in [2.45, 2.75) is 0 Å². The number of benzene rings is 1. The number of rotatable bonds is 2. The van der Waals surface area contributed by atoms with E-state index in [1.165, 1.54) is 23.0 Å². The summed E-state index contributed by atoms with van der Waals surface area (Å²) in [7, 11) is 1.63. The number of aryl methyl sites for hydroxylation is 1. The van der Waals surface area contributed by atoms with Gasteiger partial charge in [0, 0.05) is 23.3 Å². The van der Waals surface area contributed by atoms with Gasteiger partial charge in [0.15, 0.2) is 5.82 Å². The number of amides is 1. The molecule has 96 valence electrons. The Morgan fingerprint density at radius 3 is 2.89 bits per heavy atom. The monoisotopic (exact) mass is 322 g/mol. The number of carbonyl (C=O) groups excluding carboxylic acids is 1. The predicted molar refractivity (Wildman–Crippen MR) is 70.0 cm³/mol. The van der Waals surface area contributed by atoms with Crippen LogP contribution in [0.3, 0.4) is 0 Å². The van der Waals surface area contributed by atoms with Crippen molar-refractivity contribution in [3.05, 3.63) is 45.8 Å². The minimum absolute atomic E-state index is 0.140. The lowest BCUT2D eigenvalue weighted by atomic mass is 10.2. The van der Waals surface area contributed by atoms with E-state index < -0.39 is 11.7 Å². The van der Waals surface area contributed by atoms with Crippen LogP contribution in [0.5, 0.6) is 0 Å². The molecule has 1 amide bonds. The zero-order valence-electron chi connectivity index (χ0n) is 9.82. The molecule has 2 aromatic rings. The first-order valence-corrected chi connectivity index (χ1v) is 6.00. The van der Waals surface area contributed by atoms with Gasteiger partial charge in [-0.15, -0.1) is 0 Å². The van der Waals surface area contributed by atoms with Crippen LogP contribution >= 0.6 is 15.9 Å². The first-order valence-electron chi connectivity index (χ1n) is 5.21. The molecule has 0 fully saturated rings. The Morgan fingerprint density at radius 2 is 2.26 bits per heavy atom. The maximum absolute atomic E-state index is 13.2. The number of nitrogens with zero attached hydrogens (tertiary/aromatic N) is 3. The summed E-state index contributed by atoms with van der Waals surface area (Å²) in [4.78, 5) is 11.9. The van der Waals surface area contributed by atoms with E-state index in [-0.39, 0.29) is 16.9 Å². The molecule has 0 aliphatic heterocycles. The minimum atomic E-state index is -0.532. The lowest BCUT2D eigenvalue weighted by molar-refractivity contribution is 0.102. The molecule has 1 aromatic heterocycles. The molecule has 0 radical (unpaired) electrons. The summed E-state index contributed by atoms with van der Waals surface area (Å²) in [6.07, 6.45) is 1.48. The van der Waals surface area contributed by atoms with E-state index in [1.807, 2.05) is 6.07 Å². The van der Waals surface area contributed by atoms with Gasteiger partial charge in [0.25, 0.3) is 5.91 Å². The molecular formula is C12H8BrFN4O. The number of hydrogen-bond acceptors (Lipinski definition) is 3. The fraction of sp³-hybridized carbons (Fsp3) is 0.0833. The SMILES string of the molecule is Cn1cc(C#N)c(NC(=O)c2cc(F)cc(Br)c2)n1. The number of hydrogen-bond donors (Lipinski definition) is 1. The molecule has 0 aliphatic rings. The maximum atomic E-state index is 13.2. The van der Waals surface area contributed by atoms with E-state index in [0.717, 1.165) is 6.07 Å². The molecule has 1 N–H and O–H groups in total. The Hall–Kier alpha value is -2.20. The molecule has 0 saturated heterocycles. The van der Waals surface area contributed by atoms with Gasteiger partial charge in [0.05, 0.1) is 0 Å². The number of aromatic nitrogens is 2. The highest BCUT2D eigenvalue weighted by molar-refractivity contribution is 9.10. The molecule has 19 heavy (non-hydrogen) atoms. The van der Waals surface area contributed by atoms with Gasteiger partial charge in [0.2, 0.25) is 0 Å². The van der Waals surface area contributed by atoms with Crippen LogP contribution in [-0.4, -0.2) is 15.7 Å². The molecule has 1 heterocycles. The highest BCUT2D eigenvalue weighted by atomic mass is 79.9. The quantitative estimate of drug-likeness (QED) is 0.923. The van der Waals surface area contributed by atoms with Gasteiger partial charge >= 0.3 is 0 Å². The number of anilines is 1. The van der Waals surface area contributed by atoms with Crippen LogP contribution in [-0.2, 0) is 7.05 Å². The summed E-state index contributed by atoms with van der Waals surface area (Å²) in [6.45, 7) is 0. The number of nitrogens with one attached hydrogen (secondary N) is 1. The van der Waals surface area contributed by atoms with Crippen molar-refractivity contribution in [1.82, 2.24) is 9.78 Å². The van der Waals surface area contributed by atoms with Gasteiger partial charge in [-0.05, 0) is 18.2 Å². The molecule has 2 rings (SSSR count). The van der Waals surface area contributed by atoms with Crippen LogP contribution in [0.1, 0.15) is 15.9 Å². The van der Waals surface area contributed by atoms with Crippen LogP contribution in [0.25, 0.3) is 0 Å². The second-order valence-corrected chi connectivity index (χ2v) is 4.70. The van der Waals surface area contributed by atoms with Crippen molar-refractivity contribution in [3.8, 4) is 6.07 Å². The van der Waals surface area contributed by atoms with Gasteiger partial charge in [0.1, 0.15) is 17.4 Å². The lowest BCUT2D eigenvalue weighted by Crippen LogP contribution is -2.13. The Balaban J connectivity index is 2.28. The first kappa shape index (κ1) is 13.2. The predicted octanol–water partition coefficient (Wildman–Crippen LogP) is 2.45. The van der Waals surface area contributed by atoms with Gasteiger partial charge in [-0.3, -0.25) is 9.48 Å². The zero-order valence-corrected chi connectivity index (χ0v) is 11.4. The van der Waals surface area contributed by atoms with Gasteiger partial charge in [-0.25, -0.2) is 4.39 Å². The molecule has 0 unspecified atom stereocenters. The molecule has 0 saturated carbocycles. The maximum Gasteiger partial charge on any atom is 0.257 e. The lowest BCUT2D eigenvalue weighted by Gasteiger charge is -2.03. The van der Waals surface area contributed by atoms with Crippen LogP contribution in [0.15, 0.2) is 28.9 Å². The molecule has 0 aliphatic carbocycles. The third-order valence-electron chi connectivity index (χ3n) is 2.31. The van der Waals surface area contributed by atoms with Gasteiger partial charge in [-0.2, -0.15) is 10.4 Å². The normalized spacial score (nSPS) is 10.0. The van der Waals surface area contributed by atoms with Crippen LogP contribution in [0.2, 0.25) is 0 Å². The molecule has 1 aromatic carbocycles. The highest BCUT2D eigenvalue weighted by Gasteiger charge is 2.13. The van der Waals surface area contributed by atoms with Crippen LogP contribution in [0, 0.1) is 17.1 Å². The summed E-state index contributed by atoms with van der Waals surface area (Å²) in [5, 5.41) is 15.3. The average molecular weight is 323 g/mol. The van der Waals surface area contributed by atoms with E-state index in [0.29, 0.717) is 4.47 Å². The van der Waals surface area contributed by atoms with Crippen molar-refractivity contribution in [1.29, 1.82) is 5.26 Å². The molecular weight excluding hydrogens is 315 g/mol. The fourth-order valence-corrected chi connectivity index (χ4v) is 1.99. The number of nitriles is 1. The van der Waals surface area contributed by atoms with Crippen molar-refractivity contribution in [3.63, 3.8) is 0 Å². The summed E-state index contributed by atoms with van der Waals surface area (Å²) in [5.41, 5.74) is 0.382.